The first kappa shape index (κ1) is 29.4. The number of fused-ring (bicyclic) bond motifs is 4. The Balaban J connectivity index is 1.27. The number of aromatic nitrogens is 4. The molecule has 1 aliphatic heterocycles. The van der Waals surface area contributed by atoms with Crippen LogP contribution in [0.5, 0.6) is 0 Å². The number of hydrogen-bond acceptors (Lipinski definition) is 5. The zero-order valence-corrected chi connectivity index (χ0v) is 27.3. The lowest BCUT2D eigenvalue weighted by molar-refractivity contribution is 0.0926. The third-order valence-corrected chi connectivity index (χ3v) is 9.36. The van der Waals surface area contributed by atoms with Gasteiger partial charge in [-0.15, -0.1) is 0 Å². The summed E-state index contributed by atoms with van der Waals surface area (Å²) in [5.41, 5.74) is 8.16. The van der Waals surface area contributed by atoms with Crippen molar-refractivity contribution in [3.05, 3.63) is 162 Å². The van der Waals surface area contributed by atoms with Gasteiger partial charge in [0.15, 0.2) is 5.82 Å². The van der Waals surface area contributed by atoms with Crippen LogP contribution in [0.4, 0.5) is 5.69 Å². The van der Waals surface area contributed by atoms with Gasteiger partial charge in [-0.3, -0.25) is 9.59 Å². The highest BCUT2D eigenvalue weighted by Crippen LogP contribution is 2.43. The van der Waals surface area contributed by atoms with Gasteiger partial charge in [-0.2, -0.15) is 0 Å². The molecule has 0 unspecified atom stereocenters. The normalized spacial score (nSPS) is 12.6. The molecule has 7 heteroatoms. The van der Waals surface area contributed by atoms with Crippen molar-refractivity contribution in [1.29, 1.82) is 0 Å². The summed E-state index contributed by atoms with van der Waals surface area (Å²) >= 11 is 0. The van der Waals surface area contributed by atoms with Crippen LogP contribution in [0.2, 0.25) is 0 Å². The number of para-hydroxylation sites is 2. The number of rotatable bonds is 5. The number of nitrogens with zero attached hydrogens (tertiary/aromatic N) is 5. The fourth-order valence-corrected chi connectivity index (χ4v) is 7.25. The van der Waals surface area contributed by atoms with Crippen LogP contribution in [0, 0.1) is 13.8 Å². The van der Waals surface area contributed by atoms with Crippen molar-refractivity contribution in [3.63, 3.8) is 0 Å². The highest BCUT2D eigenvalue weighted by molar-refractivity contribution is 6.36. The second-order valence-electron chi connectivity index (χ2n) is 12.4. The highest BCUT2D eigenvalue weighted by atomic mass is 16.2. The van der Waals surface area contributed by atoms with E-state index in [1.54, 1.807) is 6.07 Å². The average Bonchev–Trinajstić information content (AvgIpc) is 3.62. The first-order valence-electron chi connectivity index (χ1n) is 16.5. The van der Waals surface area contributed by atoms with Crippen molar-refractivity contribution in [2.45, 2.75) is 13.8 Å². The molecule has 0 radical (unpaired) electrons. The summed E-state index contributed by atoms with van der Waals surface area (Å²) in [7, 11) is 0. The van der Waals surface area contributed by atoms with Gasteiger partial charge in [0, 0.05) is 21.9 Å². The van der Waals surface area contributed by atoms with E-state index < -0.39 is 0 Å². The number of imide groups is 1. The molecule has 0 saturated heterocycles. The lowest BCUT2D eigenvalue weighted by Gasteiger charge is -2.20. The van der Waals surface area contributed by atoms with Crippen LogP contribution < -0.4 is 4.90 Å². The molecule has 0 bridgehead atoms. The molecular weight excluding hydrogens is 619 g/mol. The van der Waals surface area contributed by atoms with Crippen LogP contribution in [0.25, 0.3) is 61.1 Å². The molecule has 9 rings (SSSR count). The molecule has 8 aromatic rings. The SMILES string of the molecule is Cc1nc(C)nc(-c2cccc3c4ccccc4n(-c4cccc5c4C(=O)N(c4ccc(-c6ccccc6)cc4-c4ccccc4)C5=O)c23)n1. The molecule has 50 heavy (non-hydrogen) atoms. The van der Waals surface area contributed by atoms with Gasteiger partial charge in [0.1, 0.15) is 11.6 Å². The first-order valence-corrected chi connectivity index (χ1v) is 16.5. The van der Waals surface area contributed by atoms with E-state index in [9.17, 15) is 9.59 Å². The van der Waals surface area contributed by atoms with Gasteiger partial charge in [-0.1, -0.05) is 103 Å². The van der Waals surface area contributed by atoms with Crippen LogP contribution >= 0.6 is 0 Å². The van der Waals surface area contributed by atoms with Gasteiger partial charge in [-0.25, -0.2) is 19.9 Å². The third-order valence-electron chi connectivity index (χ3n) is 9.36. The fourth-order valence-electron chi connectivity index (χ4n) is 7.25. The molecule has 2 amide bonds. The predicted molar refractivity (Wildman–Crippen MR) is 198 cm³/mol. The van der Waals surface area contributed by atoms with Gasteiger partial charge < -0.3 is 4.57 Å². The Kier molecular flexibility index (Phi) is 6.74. The molecule has 0 aliphatic carbocycles. The Bertz CT molecular complexity index is 2640. The minimum absolute atomic E-state index is 0.351. The van der Waals surface area contributed by atoms with E-state index in [-0.39, 0.29) is 11.8 Å². The van der Waals surface area contributed by atoms with Gasteiger partial charge in [0.05, 0.1) is 33.5 Å². The van der Waals surface area contributed by atoms with E-state index in [4.69, 9.17) is 9.97 Å². The highest BCUT2D eigenvalue weighted by Gasteiger charge is 2.40. The minimum atomic E-state index is -0.375. The lowest BCUT2D eigenvalue weighted by atomic mass is 9.97. The van der Waals surface area contributed by atoms with Crippen molar-refractivity contribution in [2.24, 2.45) is 0 Å². The second-order valence-corrected chi connectivity index (χ2v) is 12.4. The minimum Gasteiger partial charge on any atom is -0.308 e. The number of benzene rings is 6. The molecule has 7 nitrogen and oxygen atoms in total. The monoisotopic (exact) mass is 647 g/mol. The van der Waals surface area contributed by atoms with Crippen molar-refractivity contribution < 1.29 is 9.59 Å². The van der Waals surface area contributed by atoms with Crippen LogP contribution in [0.1, 0.15) is 32.4 Å². The van der Waals surface area contributed by atoms with Gasteiger partial charge in [-0.05, 0) is 66.9 Å². The summed E-state index contributed by atoms with van der Waals surface area (Å²) in [5.74, 6) is 1.06. The quantitative estimate of drug-likeness (QED) is 0.174. The predicted octanol–water partition coefficient (Wildman–Crippen LogP) is 9.39. The Hall–Kier alpha value is -6.73. The second kappa shape index (κ2) is 11.5. The van der Waals surface area contributed by atoms with Crippen LogP contribution in [0.15, 0.2) is 140 Å². The van der Waals surface area contributed by atoms with Crippen LogP contribution in [-0.4, -0.2) is 31.3 Å². The summed E-state index contributed by atoms with van der Waals surface area (Å²) in [6.07, 6.45) is 0. The van der Waals surface area contributed by atoms with Crippen LogP contribution in [-0.2, 0) is 0 Å². The molecule has 6 aromatic carbocycles. The lowest BCUT2D eigenvalue weighted by Crippen LogP contribution is -2.30. The first-order chi connectivity index (χ1) is 24.5. The zero-order chi connectivity index (χ0) is 33.9. The maximum atomic E-state index is 14.8. The number of anilines is 1. The van der Waals surface area contributed by atoms with E-state index in [1.165, 1.54) is 4.90 Å². The molecule has 0 spiro atoms. The summed E-state index contributed by atoms with van der Waals surface area (Å²) in [4.78, 5) is 44.4. The van der Waals surface area contributed by atoms with E-state index in [1.807, 2.05) is 117 Å². The Morgan fingerprint density at radius 3 is 1.88 bits per heavy atom. The third kappa shape index (κ3) is 4.55. The van der Waals surface area contributed by atoms with Crippen molar-refractivity contribution in [1.82, 2.24) is 19.5 Å². The maximum absolute atomic E-state index is 14.8. The summed E-state index contributed by atoms with van der Waals surface area (Å²) in [5, 5.41) is 2.00. The smallest absolute Gasteiger partial charge is 0.268 e. The van der Waals surface area contributed by atoms with Crippen molar-refractivity contribution in [2.75, 3.05) is 4.90 Å². The molecule has 3 heterocycles. The molecule has 238 valence electrons. The number of amides is 2. The molecule has 0 fully saturated rings. The van der Waals surface area contributed by atoms with Gasteiger partial charge in [0.2, 0.25) is 0 Å². The molecule has 0 atom stereocenters. The van der Waals surface area contributed by atoms with E-state index in [0.717, 1.165) is 49.6 Å². The number of carbonyl (C=O) groups is 2. The Morgan fingerprint density at radius 2 is 1.12 bits per heavy atom. The average molecular weight is 648 g/mol. The summed E-state index contributed by atoms with van der Waals surface area (Å²) in [6, 6.07) is 45.6. The molecule has 1 aliphatic rings. The summed E-state index contributed by atoms with van der Waals surface area (Å²) in [6.45, 7) is 3.71. The molecule has 2 aromatic heterocycles. The molecule has 0 saturated carbocycles. The zero-order valence-electron chi connectivity index (χ0n) is 27.3. The Morgan fingerprint density at radius 1 is 0.480 bits per heavy atom. The molecule has 0 N–H and O–H groups in total. The Labute approximate surface area is 288 Å². The summed E-state index contributed by atoms with van der Waals surface area (Å²) < 4.78 is 2.08. The number of hydrogen-bond donors (Lipinski definition) is 0. The topological polar surface area (TPSA) is 81.0 Å². The van der Waals surface area contributed by atoms with E-state index in [0.29, 0.717) is 40.0 Å². The van der Waals surface area contributed by atoms with E-state index >= 15 is 0 Å². The number of aryl methyl sites for hydroxylation is 2. The van der Waals surface area contributed by atoms with Crippen molar-refractivity contribution >= 4 is 39.3 Å². The fraction of sp³-hybridized carbons (Fsp3) is 0.0465. The maximum Gasteiger partial charge on any atom is 0.268 e. The van der Waals surface area contributed by atoms with Crippen molar-refractivity contribution in [3.8, 4) is 39.3 Å². The largest absolute Gasteiger partial charge is 0.308 e. The van der Waals surface area contributed by atoms with E-state index in [2.05, 4.69) is 39.9 Å². The standard InChI is InChI=1S/C43H29N5O2/c1-26-44-27(2)46-41(45-26)34-20-11-18-32-31-17-9-10-21-36(31)47(40(32)34)38-22-12-19-33-39(38)43(50)48(42(33)49)37-24-23-30(28-13-5-3-6-14-28)25-35(37)29-15-7-4-8-16-29/h3-25H,1-2H3. The van der Waals surface area contributed by atoms with Crippen LogP contribution in [0.3, 0.4) is 0 Å². The van der Waals surface area contributed by atoms with Gasteiger partial charge >= 0.3 is 0 Å². The number of carbonyl (C=O) groups excluding carboxylic acids is 2. The van der Waals surface area contributed by atoms with Gasteiger partial charge in [0.25, 0.3) is 11.8 Å². The molecular formula is C43H29N5O2.